The van der Waals surface area contributed by atoms with Crippen LogP contribution in [0.1, 0.15) is 20.3 Å². The zero-order chi connectivity index (χ0) is 21.8. The second kappa shape index (κ2) is 8.86. The van der Waals surface area contributed by atoms with Crippen molar-refractivity contribution < 1.29 is 14.3 Å². The Balaban J connectivity index is 2.23. The second-order valence-corrected chi connectivity index (χ2v) is 6.94. The molecule has 0 bridgehead atoms. The molecule has 0 radical (unpaired) electrons. The van der Waals surface area contributed by atoms with Crippen LogP contribution in [0.3, 0.4) is 0 Å². The first-order valence-electron chi connectivity index (χ1n) is 9.67. The van der Waals surface area contributed by atoms with Crippen molar-refractivity contribution in [3.63, 3.8) is 0 Å². The summed E-state index contributed by atoms with van der Waals surface area (Å²) < 4.78 is 12.9. The summed E-state index contributed by atoms with van der Waals surface area (Å²) in [7, 11) is 2.98. The summed E-state index contributed by atoms with van der Waals surface area (Å²) >= 11 is 0. The molecule has 8 nitrogen and oxygen atoms in total. The predicted molar refractivity (Wildman–Crippen MR) is 115 cm³/mol. The first-order chi connectivity index (χ1) is 14.4. The average Bonchev–Trinajstić information content (AvgIpc) is 2.76. The van der Waals surface area contributed by atoms with Crippen LogP contribution in [0.2, 0.25) is 0 Å². The Morgan fingerprint density at radius 2 is 1.77 bits per heavy atom. The number of hydrogen-bond acceptors (Lipinski definition) is 5. The quantitative estimate of drug-likeness (QED) is 0.643. The van der Waals surface area contributed by atoms with Crippen LogP contribution in [0.5, 0.6) is 11.5 Å². The summed E-state index contributed by atoms with van der Waals surface area (Å²) in [6.45, 7) is 3.66. The number of nitrogens with zero attached hydrogens (tertiary/aromatic N) is 2. The number of fused-ring (bicyclic) bond motifs is 1. The van der Waals surface area contributed by atoms with Crippen molar-refractivity contribution in [3.8, 4) is 17.2 Å². The average molecular weight is 411 g/mol. The summed E-state index contributed by atoms with van der Waals surface area (Å²) in [5.41, 5.74) is -0.348. The highest BCUT2D eigenvalue weighted by atomic mass is 16.5. The van der Waals surface area contributed by atoms with Crippen LogP contribution < -0.4 is 26.0 Å². The van der Waals surface area contributed by atoms with Crippen LogP contribution in [0.15, 0.2) is 52.1 Å². The molecule has 1 amide bonds. The van der Waals surface area contributed by atoms with E-state index in [9.17, 15) is 14.4 Å². The van der Waals surface area contributed by atoms with Crippen LogP contribution in [-0.2, 0) is 11.3 Å². The molecule has 158 valence electrons. The van der Waals surface area contributed by atoms with Crippen molar-refractivity contribution in [1.82, 2.24) is 14.5 Å². The zero-order valence-electron chi connectivity index (χ0n) is 17.5. The lowest BCUT2D eigenvalue weighted by Gasteiger charge is -2.16. The standard InChI is InChI=1S/C22H25N3O5/c1-5-14(2)23-20(26)13-24-17-9-7-6-8-16(17)21(27)25(22(24)28)15-10-11-18(29-3)19(12-15)30-4/h6-12,14H,5,13H2,1-4H3,(H,23,26). The number of aromatic nitrogens is 2. The summed E-state index contributed by atoms with van der Waals surface area (Å²) in [5.74, 6) is 0.563. The highest BCUT2D eigenvalue weighted by Gasteiger charge is 2.18. The lowest BCUT2D eigenvalue weighted by atomic mass is 10.2. The molecule has 8 heteroatoms. The molecule has 0 aliphatic carbocycles. The fraction of sp³-hybridized carbons (Fsp3) is 0.318. The lowest BCUT2D eigenvalue weighted by Crippen LogP contribution is -2.43. The van der Waals surface area contributed by atoms with Gasteiger partial charge in [0.1, 0.15) is 6.54 Å². The third kappa shape index (κ3) is 3.94. The van der Waals surface area contributed by atoms with Gasteiger partial charge in [-0.25, -0.2) is 9.36 Å². The molecule has 3 rings (SSSR count). The van der Waals surface area contributed by atoms with E-state index in [1.54, 1.807) is 42.5 Å². The number of amides is 1. The first kappa shape index (κ1) is 21.2. The number of ether oxygens (including phenoxy) is 2. The molecular formula is C22H25N3O5. The Morgan fingerprint density at radius 1 is 1.07 bits per heavy atom. The number of rotatable bonds is 7. The summed E-state index contributed by atoms with van der Waals surface area (Å²) in [5, 5.41) is 3.19. The van der Waals surface area contributed by atoms with E-state index in [-0.39, 0.29) is 18.5 Å². The van der Waals surface area contributed by atoms with Crippen LogP contribution in [-0.4, -0.2) is 35.3 Å². The van der Waals surface area contributed by atoms with Gasteiger partial charge in [0, 0.05) is 12.1 Å². The summed E-state index contributed by atoms with van der Waals surface area (Å²) in [6, 6.07) is 11.5. The Hall–Kier alpha value is -3.55. The van der Waals surface area contributed by atoms with Gasteiger partial charge in [-0.3, -0.25) is 14.2 Å². The van der Waals surface area contributed by atoms with Crippen LogP contribution in [0.25, 0.3) is 16.6 Å². The normalized spacial score (nSPS) is 11.9. The smallest absolute Gasteiger partial charge is 0.336 e. The largest absolute Gasteiger partial charge is 0.493 e. The van der Waals surface area contributed by atoms with Crippen LogP contribution in [0, 0.1) is 0 Å². The molecule has 0 saturated heterocycles. The summed E-state index contributed by atoms with van der Waals surface area (Å²) in [6.07, 6.45) is 0.770. The van der Waals surface area contributed by atoms with E-state index in [2.05, 4.69) is 5.32 Å². The number of nitrogens with one attached hydrogen (secondary N) is 1. The Bertz CT molecular complexity index is 1200. The van der Waals surface area contributed by atoms with Gasteiger partial charge in [-0.15, -0.1) is 0 Å². The minimum Gasteiger partial charge on any atom is -0.493 e. The van der Waals surface area contributed by atoms with E-state index in [1.165, 1.54) is 18.8 Å². The molecule has 1 aromatic heterocycles. The maximum Gasteiger partial charge on any atom is 0.336 e. The minimum atomic E-state index is -0.606. The molecule has 1 unspecified atom stereocenters. The van der Waals surface area contributed by atoms with E-state index < -0.39 is 11.2 Å². The van der Waals surface area contributed by atoms with E-state index >= 15 is 0 Å². The molecule has 0 saturated carbocycles. The lowest BCUT2D eigenvalue weighted by molar-refractivity contribution is -0.122. The highest BCUT2D eigenvalue weighted by Crippen LogP contribution is 2.28. The molecule has 30 heavy (non-hydrogen) atoms. The zero-order valence-corrected chi connectivity index (χ0v) is 17.5. The SMILES string of the molecule is CCC(C)NC(=O)Cn1c(=O)n(-c2ccc(OC)c(OC)c2)c(=O)c2ccccc21. The maximum absolute atomic E-state index is 13.3. The van der Waals surface area contributed by atoms with E-state index in [0.717, 1.165) is 11.0 Å². The van der Waals surface area contributed by atoms with Crippen LogP contribution in [0.4, 0.5) is 0 Å². The van der Waals surface area contributed by atoms with E-state index in [1.807, 2.05) is 13.8 Å². The maximum atomic E-state index is 13.3. The van der Waals surface area contributed by atoms with Crippen molar-refractivity contribution in [3.05, 3.63) is 63.3 Å². The molecule has 0 fully saturated rings. The third-order valence-electron chi connectivity index (χ3n) is 5.00. The Kier molecular flexibility index (Phi) is 6.25. The Labute approximate surface area is 173 Å². The molecule has 1 heterocycles. The third-order valence-corrected chi connectivity index (χ3v) is 5.00. The molecule has 0 aliphatic heterocycles. The van der Waals surface area contributed by atoms with Crippen molar-refractivity contribution in [1.29, 1.82) is 0 Å². The molecule has 1 atom stereocenters. The number of hydrogen-bond donors (Lipinski definition) is 1. The number of carbonyl (C=O) groups is 1. The number of benzene rings is 2. The van der Waals surface area contributed by atoms with Gasteiger partial charge in [0.25, 0.3) is 5.56 Å². The van der Waals surface area contributed by atoms with Gasteiger partial charge >= 0.3 is 5.69 Å². The van der Waals surface area contributed by atoms with Crippen LogP contribution >= 0.6 is 0 Å². The fourth-order valence-electron chi connectivity index (χ4n) is 3.23. The van der Waals surface area contributed by atoms with Crippen molar-refractivity contribution in [2.75, 3.05) is 14.2 Å². The van der Waals surface area contributed by atoms with Crippen molar-refractivity contribution in [2.24, 2.45) is 0 Å². The molecule has 0 spiro atoms. The predicted octanol–water partition coefficient (Wildman–Crippen LogP) is 2.08. The number of para-hydroxylation sites is 1. The fourth-order valence-corrected chi connectivity index (χ4v) is 3.23. The Morgan fingerprint density at radius 3 is 2.43 bits per heavy atom. The second-order valence-electron chi connectivity index (χ2n) is 6.94. The first-order valence-corrected chi connectivity index (χ1v) is 9.67. The minimum absolute atomic E-state index is 0.0174. The van der Waals surface area contributed by atoms with Crippen molar-refractivity contribution >= 4 is 16.8 Å². The molecule has 2 aromatic carbocycles. The van der Waals surface area contributed by atoms with Gasteiger partial charge in [0.2, 0.25) is 5.91 Å². The van der Waals surface area contributed by atoms with Gasteiger partial charge in [-0.2, -0.15) is 0 Å². The summed E-state index contributed by atoms with van der Waals surface area (Å²) in [4.78, 5) is 39.0. The van der Waals surface area contributed by atoms with E-state index in [4.69, 9.17) is 9.47 Å². The topological polar surface area (TPSA) is 91.6 Å². The monoisotopic (exact) mass is 411 g/mol. The van der Waals surface area contributed by atoms with Gasteiger partial charge in [0.15, 0.2) is 11.5 Å². The van der Waals surface area contributed by atoms with Gasteiger partial charge in [0.05, 0.1) is 30.8 Å². The number of methoxy groups -OCH3 is 2. The molecular weight excluding hydrogens is 386 g/mol. The van der Waals surface area contributed by atoms with E-state index in [0.29, 0.717) is 28.1 Å². The number of carbonyl (C=O) groups excluding carboxylic acids is 1. The van der Waals surface area contributed by atoms with Gasteiger partial charge in [-0.1, -0.05) is 19.1 Å². The molecule has 0 aliphatic rings. The highest BCUT2D eigenvalue weighted by molar-refractivity contribution is 5.82. The molecule has 3 aromatic rings. The molecule has 1 N–H and O–H groups in total. The van der Waals surface area contributed by atoms with Gasteiger partial charge in [-0.05, 0) is 37.6 Å². The van der Waals surface area contributed by atoms with Gasteiger partial charge < -0.3 is 14.8 Å². The van der Waals surface area contributed by atoms with Crippen molar-refractivity contribution in [2.45, 2.75) is 32.9 Å².